The van der Waals surface area contributed by atoms with Gasteiger partial charge in [-0.15, -0.1) is 0 Å². The van der Waals surface area contributed by atoms with E-state index < -0.39 is 0 Å². The first-order chi connectivity index (χ1) is 10.2. The Morgan fingerprint density at radius 3 is 2.48 bits per heavy atom. The van der Waals surface area contributed by atoms with Crippen LogP contribution >= 0.6 is 11.6 Å². The van der Waals surface area contributed by atoms with Gasteiger partial charge in [0.25, 0.3) is 0 Å². The molecule has 118 valence electrons. The van der Waals surface area contributed by atoms with Crippen molar-refractivity contribution in [3.05, 3.63) is 28.8 Å². The Morgan fingerprint density at radius 1 is 1.24 bits per heavy atom. The van der Waals surface area contributed by atoms with Crippen LogP contribution in [0.25, 0.3) is 0 Å². The third-order valence-electron chi connectivity index (χ3n) is 3.95. The molecule has 1 aromatic carbocycles. The fourth-order valence-corrected chi connectivity index (χ4v) is 2.94. The van der Waals surface area contributed by atoms with Crippen LogP contribution in [0.5, 0.6) is 0 Å². The Bertz CT molecular complexity index is 444. The van der Waals surface area contributed by atoms with E-state index in [-0.39, 0.29) is 12.2 Å². The van der Waals surface area contributed by atoms with E-state index in [9.17, 15) is 0 Å². The number of nitrogens with zero attached hydrogens (tertiary/aromatic N) is 1. The van der Waals surface area contributed by atoms with Crippen molar-refractivity contribution in [2.75, 3.05) is 38.8 Å². The molecule has 1 aromatic rings. The van der Waals surface area contributed by atoms with Gasteiger partial charge < -0.3 is 19.7 Å². The molecule has 1 heterocycles. The van der Waals surface area contributed by atoms with Gasteiger partial charge in [0.2, 0.25) is 0 Å². The molecule has 2 rings (SSSR count). The average molecular weight is 313 g/mol. The zero-order chi connectivity index (χ0) is 15.2. The first-order valence-corrected chi connectivity index (χ1v) is 7.87. The molecule has 4 nitrogen and oxygen atoms in total. The second kappa shape index (κ2) is 7.99. The lowest BCUT2D eigenvalue weighted by Crippen LogP contribution is -2.27. The first kappa shape index (κ1) is 16.6. The van der Waals surface area contributed by atoms with Gasteiger partial charge in [-0.3, -0.25) is 0 Å². The highest BCUT2D eigenvalue weighted by Gasteiger charge is 2.33. The average Bonchev–Trinajstić information content (AvgIpc) is 2.92. The summed E-state index contributed by atoms with van der Waals surface area (Å²) in [5.74, 6) is 0. The Hall–Kier alpha value is -0.810. The van der Waals surface area contributed by atoms with Crippen molar-refractivity contribution in [3.63, 3.8) is 0 Å². The van der Waals surface area contributed by atoms with Gasteiger partial charge in [-0.05, 0) is 30.7 Å². The molecule has 1 N–H and O–H groups in total. The topological polar surface area (TPSA) is 33.7 Å². The number of methoxy groups -OCH3 is 2. The molecule has 0 bridgehead atoms. The van der Waals surface area contributed by atoms with Crippen molar-refractivity contribution < 1.29 is 9.47 Å². The van der Waals surface area contributed by atoms with Crippen LogP contribution in [0.15, 0.2) is 18.2 Å². The highest BCUT2D eigenvalue weighted by atomic mass is 35.5. The molecule has 0 aromatic heterocycles. The fourth-order valence-electron chi connectivity index (χ4n) is 2.77. The van der Waals surface area contributed by atoms with E-state index in [2.05, 4.69) is 23.2 Å². The monoisotopic (exact) mass is 312 g/mol. The summed E-state index contributed by atoms with van der Waals surface area (Å²) in [4.78, 5) is 2.30. The van der Waals surface area contributed by atoms with Crippen molar-refractivity contribution in [3.8, 4) is 0 Å². The van der Waals surface area contributed by atoms with Crippen molar-refractivity contribution in [1.82, 2.24) is 5.32 Å². The number of hydrogen-bond acceptors (Lipinski definition) is 4. The van der Waals surface area contributed by atoms with E-state index in [0.717, 1.165) is 37.6 Å². The van der Waals surface area contributed by atoms with Crippen LogP contribution in [0.1, 0.15) is 18.9 Å². The molecular formula is C16H25ClN2O2. The largest absolute Gasteiger partial charge is 0.377 e. The summed E-state index contributed by atoms with van der Waals surface area (Å²) in [6.07, 6.45) is 1.33. The Kier molecular flexibility index (Phi) is 6.30. The van der Waals surface area contributed by atoms with E-state index >= 15 is 0 Å². The first-order valence-electron chi connectivity index (χ1n) is 7.49. The normalized spacial score (nSPS) is 22.0. The molecule has 21 heavy (non-hydrogen) atoms. The molecule has 0 aliphatic carbocycles. The summed E-state index contributed by atoms with van der Waals surface area (Å²) in [7, 11) is 3.48. The zero-order valence-corrected chi connectivity index (χ0v) is 13.8. The molecule has 2 unspecified atom stereocenters. The quantitative estimate of drug-likeness (QED) is 0.785. The van der Waals surface area contributed by atoms with Gasteiger partial charge in [0, 0.05) is 44.6 Å². The van der Waals surface area contributed by atoms with Crippen LogP contribution in [-0.4, -0.2) is 46.1 Å². The van der Waals surface area contributed by atoms with Gasteiger partial charge in [0.15, 0.2) is 0 Å². The Morgan fingerprint density at radius 2 is 1.90 bits per heavy atom. The molecule has 0 amide bonds. The number of ether oxygens (including phenoxy) is 2. The van der Waals surface area contributed by atoms with E-state index in [1.165, 1.54) is 11.3 Å². The van der Waals surface area contributed by atoms with Crippen molar-refractivity contribution in [1.29, 1.82) is 0 Å². The van der Waals surface area contributed by atoms with Crippen molar-refractivity contribution in [2.45, 2.75) is 32.1 Å². The molecule has 1 aliphatic rings. The summed E-state index contributed by atoms with van der Waals surface area (Å²) < 4.78 is 11.0. The van der Waals surface area contributed by atoms with Gasteiger partial charge in [-0.25, -0.2) is 0 Å². The Labute approximate surface area is 132 Å². The standard InChI is InChI=1S/C16H25ClN2O2/c1-4-7-18-9-12-5-6-13(17)8-14(12)19-10-15(20-2)16(11-19)21-3/h5-6,8,15-16,18H,4,7,9-11H2,1-3H3. The Balaban J connectivity index is 2.16. The van der Waals surface area contributed by atoms with Gasteiger partial charge in [0.05, 0.1) is 0 Å². The molecule has 0 radical (unpaired) electrons. The predicted molar refractivity (Wildman–Crippen MR) is 87.3 cm³/mol. The smallest absolute Gasteiger partial charge is 0.102 e. The van der Waals surface area contributed by atoms with E-state index in [1.807, 2.05) is 12.1 Å². The minimum Gasteiger partial charge on any atom is -0.377 e. The maximum absolute atomic E-state index is 6.19. The number of anilines is 1. The predicted octanol–water partition coefficient (Wildman–Crippen LogP) is 2.69. The SMILES string of the molecule is CCCNCc1ccc(Cl)cc1N1CC(OC)C(OC)C1. The molecule has 2 atom stereocenters. The summed E-state index contributed by atoms with van der Waals surface area (Å²) >= 11 is 6.19. The molecule has 1 fully saturated rings. The van der Waals surface area contributed by atoms with Crippen LogP contribution in [0.2, 0.25) is 5.02 Å². The van der Waals surface area contributed by atoms with Gasteiger partial charge >= 0.3 is 0 Å². The van der Waals surface area contributed by atoms with E-state index in [1.54, 1.807) is 14.2 Å². The molecule has 0 saturated carbocycles. The second-order valence-corrected chi connectivity index (χ2v) is 5.84. The molecule has 0 spiro atoms. The zero-order valence-electron chi connectivity index (χ0n) is 13.1. The van der Waals surface area contributed by atoms with Crippen LogP contribution in [0, 0.1) is 0 Å². The van der Waals surface area contributed by atoms with E-state index in [4.69, 9.17) is 21.1 Å². The number of benzene rings is 1. The lowest BCUT2D eigenvalue weighted by Gasteiger charge is -2.22. The molecule has 5 heteroatoms. The van der Waals surface area contributed by atoms with Crippen LogP contribution in [0.3, 0.4) is 0 Å². The highest BCUT2D eigenvalue weighted by Crippen LogP contribution is 2.29. The summed E-state index contributed by atoms with van der Waals surface area (Å²) in [6, 6.07) is 6.09. The summed E-state index contributed by atoms with van der Waals surface area (Å²) in [5.41, 5.74) is 2.44. The van der Waals surface area contributed by atoms with Crippen LogP contribution in [-0.2, 0) is 16.0 Å². The number of hydrogen-bond donors (Lipinski definition) is 1. The summed E-state index contributed by atoms with van der Waals surface area (Å²) in [6.45, 7) is 5.70. The summed E-state index contributed by atoms with van der Waals surface area (Å²) in [5, 5.41) is 4.22. The lowest BCUT2D eigenvalue weighted by atomic mass is 10.1. The lowest BCUT2D eigenvalue weighted by molar-refractivity contribution is -0.00461. The van der Waals surface area contributed by atoms with Crippen molar-refractivity contribution in [2.24, 2.45) is 0 Å². The van der Waals surface area contributed by atoms with Crippen LogP contribution < -0.4 is 10.2 Å². The maximum Gasteiger partial charge on any atom is 0.102 e. The number of nitrogens with one attached hydrogen (secondary N) is 1. The van der Waals surface area contributed by atoms with E-state index in [0.29, 0.717) is 0 Å². The van der Waals surface area contributed by atoms with Gasteiger partial charge in [-0.1, -0.05) is 24.6 Å². The third kappa shape index (κ3) is 4.10. The highest BCUT2D eigenvalue weighted by molar-refractivity contribution is 6.30. The molecule has 1 saturated heterocycles. The number of rotatable bonds is 7. The van der Waals surface area contributed by atoms with Crippen molar-refractivity contribution >= 4 is 17.3 Å². The minimum absolute atomic E-state index is 0.102. The fraction of sp³-hybridized carbons (Fsp3) is 0.625. The molecular weight excluding hydrogens is 288 g/mol. The van der Waals surface area contributed by atoms with Gasteiger partial charge in [-0.2, -0.15) is 0 Å². The second-order valence-electron chi connectivity index (χ2n) is 5.40. The number of halogens is 1. The molecule has 1 aliphatic heterocycles. The minimum atomic E-state index is 0.102. The van der Waals surface area contributed by atoms with Crippen LogP contribution in [0.4, 0.5) is 5.69 Å². The maximum atomic E-state index is 6.19. The third-order valence-corrected chi connectivity index (χ3v) is 4.19. The van der Waals surface area contributed by atoms with Gasteiger partial charge in [0.1, 0.15) is 12.2 Å².